The topological polar surface area (TPSA) is 45.8 Å². The van der Waals surface area contributed by atoms with Crippen LogP contribution in [0.3, 0.4) is 0 Å². The lowest BCUT2D eigenvalue weighted by molar-refractivity contribution is 1.01. The van der Waals surface area contributed by atoms with Crippen LogP contribution in [0, 0.1) is 6.92 Å². The predicted molar refractivity (Wildman–Crippen MR) is 47.1 cm³/mol. The molecule has 0 unspecified atom stereocenters. The predicted octanol–water partition coefficient (Wildman–Crippen LogP) is 1.23. The van der Waals surface area contributed by atoms with Crippen LogP contribution >= 0.6 is 0 Å². The van der Waals surface area contributed by atoms with Gasteiger partial charge in [0.15, 0.2) is 0 Å². The molecule has 0 radical (unpaired) electrons. The van der Waals surface area contributed by atoms with E-state index in [1.54, 1.807) is 12.3 Å². The Balaban J connectivity index is 3.05. The fourth-order valence-corrected chi connectivity index (χ4v) is 1.27. The molecular weight excluding hydrogens is 152 g/mol. The Bertz CT molecular complexity index is 473. The third-order valence-electron chi connectivity index (χ3n) is 1.93. The summed E-state index contributed by atoms with van der Waals surface area (Å²) >= 11 is 0. The van der Waals surface area contributed by atoms with E-state index in [4.69, 9.17) is 0 Å². The van der Waals surface area contributed by atoms with Crippen LogP contribution in [0.2, 0.25) is 0 Å². The Morgan fingerprint density at radius 2 is 2.17 bits per heavy atom. The second-order valence-electron chi connectivity index (χ2n) is 2.74. The minimum Gasteiger partial charge on any atom is -0.267 e. The highest BCUT2D eigenvalue weighted by Gasteiger charge is 1.98. The highest BCUT2D eigenvalue weighted by atomic mass is 16.1. The van der Waals surface area contributed by atoms with Gasteiger partial charge in [0.25, 0.3) is 5.56 Å². The van der Waals surface area contributed by atoms with Gasteiger partial charge in [0.1, 0.15) is 0 Å². The molecular formula is C9H8N2O. The third kappa shape index (κ3) is 0.906. The molecule has 1 heterocycles. The lowest BCUT2D eigenvalue weighted by Crippen LogP contribution is -2.07. The normalized spacial score (nSPS) is 10.4. The quantitative estimate of drug-likeness (QED) is 0.630. The zero-order valence-electron chi connectivity index (χ0n) is 6.66. The van der Waals surface area contributed by atoms with Gasteiger partial charge >= 0.3 is 0 Å². The maximum absolute atomic E-state index is 11.2. The molecule has 0 aliphatic rings. The Morgan fingerprint density at radius 3 is 2.92 bits per heavy atom. The highest BCUT2D eigenvalue weighted by Crippen LogP contribution is 2.11. The van der Waals surface area contributed by atoms with Crippen molar-refractivity contribution in [1.29, 1.82) is 0 Å². The van der Waals surface area contributed by atoms with Crippen molar-refractivity contribution in [3.8, 4) is 0 Å². The molecule has 60 valence electrons. The standard InChI is InChI=1S/C9H8N2O/c1-6-3-2-4-7-8(6)5-10-11-9(7)12/h2-5H,1H3,(H,11,12). The second kappa shape index (κ2) is 2.44. The summed E-state index contributed by atoms with van der Waals surface area (Å²) in [6.45, 7) is 1.96. The Hall–Kier alpha value is -1.64. The molecule has 2 aromatic rings. The maximum atomic E-state index is 11.2. The molecule has 0 fully saturated rings. The second-order valence-corrected chi connectivity index (χ2v) is 2.74. The molecule has 1 aromatic heterocycles. The van der Waals surface area contributed by atoms with Gasteiger partial charge in [-0.3, -0.25) is 4.79 Å². The smallest absolute Gasteiger partial charge is 0.267 e. The van der Waals surface area contributed by atoms with E-state index in [-0.39, 0.29) is 5.56 Å². The van der Waals surface area contributed by atoms with Crippen LogP contribution in [-0.2, 0) is 0 Å². The van der Waals surface area contributed by atoms with Gasteiger partial charge in [-0.25, -0.2) is 5.10 Å². The molecule has 2 rings (SSSR count). The third-order valence-corrected chi connectivity index (χ3v) is 1.93. The molecule has 3 nitrogen and oxygen atoms in total. The average molecular weight is 160 g/mol. The number of hydrogen-bond donors (Lipinski definition) is 1. The summed E-state index contributed by atoms with van der Waals surface area (Å²) in [5.41, 5.74) is 0.947. The van der Waals surface area contributed by atoms with Crippen molar-refractivity contribution < 1.29 is 0 Å². The molecule has 0 saturated heterocycles. The van der Waals surface area contributed by atoms with E-state index in [0.29, 0.717) is 5.39 Å². The zero-order valence-corrected chi connectivity index (χ0v) is 6.66. The average Bonchev–Trinajstić information content (AvgIpc) is 2.07. The van der Waals surface area contributed by atoms with Crippen molar-refractivity contribution in [3.63, 3.8) is 0 Å². The van der Waals surface area contributed by atoms with E-state index >= 15 is 0 Å². The Morgan fingerprint density at radius 1 is 1.33 bits per heavy atom. The van der Waals surface area contributed by atoms with E-state index in [1.807, 2.05) is 19.1 Å². The van der Waals surface area contributed by atoms with Gasteiger partial charge in [0.2, 0.25) is 0 Å². The minimum atomic E-state index is -0.129. The molecule has 1 N–H and O–H groups in total. The van der Waals surface area contributed by atoms with Gasteiger partial charge in [-0.2, -0.15) is 5.10 Å². The number of nitrogens with one attached hydrogen (secondary N) is 1. The molecule has 0 aliphatic heterocycles. The van der Waals surface area contributed by atoms with Gasteiger partial charge in [-0.15, -0.1) is 0 Å². The van der Waals surface area contributed by atoms with Crippen LogP contribution in [0.5, 0.6) is 0 Å². The monoisotopic (exact) mass is 160 g/mol. The van der Waals surface area contributed by atoms with Crippen molar-refractivity contribution in [2.45, 2.75) is 6.92 Å². The molecule has 0 aliphatic carbocycles. The number of H-pyrrole nitrogens is 1. The maximum Gasteiger partial charge on any atom is 0.272 e. The van der Waals surface area contributed by atoms with E-state index in [9.17, 15) is 4.79 Å². The Labute approximate surface area is 69.0 Å². The first kappa shape index (κ1) is 7.03. The fourth-order valence-electron chi connectivity index (χ4n) is 1.27. The van der Waals surface area contributed by atoms with E-state index in [1.165, 1.54) is 0 Å². The van der Waals surface area contributed by atoms with Crippen molar-refractivity contribution in [2.75, 3.05) is 0 Å². The van der Waals surface area contributed by atoms with E-state index in [0.717, 1.165) is 10.9 Å². The number of hydrogen-bond acceptors (Lipinski definition) is 2. The molecule has 0 bridgehead atoms. The lowest BCUT2D eigenvalue weighted by atomic mass is 10.1. The molecule has 0 amide bonds. The van der Waals surface area contributed by atoms with Gasteiger partial charge in [0.05, 0.1) is 11.6 Å². The summed E-state index contributed by atoms with van der Waals surface area (Å²) in [6.07, 6.45) is 1.67. The summed E-state index contributed by atoms with van der Waals surface area (Å²) in [5.74, 6) is 0. The van der Waals surface area contributed by atoms with Gasteiger partial charge in [-0.1, -0.05) is 12.1 Å². The van der Waals surface area contributed by atoms with Crippen molar-refractivity contribution in [3.05, 3.63) is 40.3 Å². The fraction of sp³-hybridized carbons (Fsp3) is 0.111. The SMILES string of the molecule is Cc1cccc2c(=O)[nH]ncc12. The summed E-state index contributed by atoms with van der Waals surface area (Å²) in [6, 6.07) is 5.62. The Kier molecular flexibility index (Phi) is 1.43. The summed E-state index contributed by atoms with van der Waals surface area (Å²) < 4.78 is 0. The summed E-state index contributed by atoms with van der Waals surface area (Å²) in [5, 5.41) is 7.75. The molecule has 1 aromatic carbocycles. The van der Waals surface area contributed by atoms with Crippen LogP contribution in [0.1, 0.15) is 5.56 Å². The number of aromatic nitrogens is 2. The number of aryl methyl sites for hydroxylation is 1. The highest BCUT2D eigenvalue weighted by molar-refractivity contribution is 5.83. The molecule has 12 heavy (non-hydrogen) atoms. The van der Waals surface area contributed by atoms with Crippen molar-refractivity contribution in [1.82, 2.24) is 10.2 Å². The number of nitrogens with zero attached hydrogens (tertiary/aromatic N) is 1. The molecule has 0 spiro atoms. The lowest BCUT2D eigenvalue weighted by Gasteiger charge is -1.97. The first-order chi connectivity index (χ1) is 5.79. The van der Waals surface area contributed by atoms with Crippen LogP contribution in [0.25, 0.3) is 10.8 Å². The zero-order chi connectivity index (χ0) is 8.55. The summed E-state index contributed by atoms with van der Waals surface area (Å²) in [4.78, 5) is 11.2. The van der Waals surface area contributed by atoms with Gasteiger partial charge in [0, 0.05) is 5.39 Å². The van der Waals surface area contributed by atoms with Gasteiger partial charge in [-0.05, 0) is 18.6 Å². The molecule has 0 atom stereocenters. The summed E-state index contributed by atoms with van der Waals surface area (Å²) in [7, 11) is 0. The van der Waals surface area contributed by atoms with E-state index < -0.39 is 0 Å². The van der Waals surface area contributed by atoms with Gasteiger partial charge < -0.3 is 0 Å². The van der Waals surface area contributed by atoms with Crippen LogP contribution in [0.15, 0.2) is 29.2 Å². The largest absolute Gasteiger partial charge is 0.272 e. The van der Waals surface area contributed by atoms with Crippen molar-refractivity contribution in [2.24, 2.45) is 0 Å². The first-order valence-electron chi connectivity index (χ1n) is 3.72. The van der Waals surface area contributed by atoms with Crippen LogP contribution in [-0.4, -0.2) is 10.2 Å². The van der Waals surface area contributed by atoms with Crippen molar-refractivity contribution >= 4 is 10.8 Å². The number of aromatic amines is 1. The molecule has 0 saturated carbocycles. The van der Waals surface area contributed by atoms with E-state index in [2.05, 4.69) is 10.2 Å². The van der Waals surface area contributed by atoms with Crippen LogP contribution < -0.4 is 5.56 Å². The molecule has 3 heteroatoms. The number of rotatable bonds is 0. The van der Waals surface area contributed by atoms with Crippen LogP contribution in [0.4, 0.5) is 0 Å². The number of fused-ring (bicyclic) bond motifs is 1. The number of benzene rings is 1. The first-order valence-corrected chi connectivity index (χ1v) is 3.72. The minimum absolute atomic E-state index is 0.129.